The molecule has 0 atom stereocenters. The van der Waals surface area contributed by atoms with Crippen molar-refractivity contribution >= 4 is 44.9 Å². The zero-order valence-corrected chi connectivity index (χ0v) is 16.1. The normalized spacial score (nSPS) is 11.1. The van der Waals surface area contributed by atoms with E-state index >= 15 is 0 Å². The molecule has 2 rings (SSSR count). The second-order valence-corrected chi connectivity index (χ2v) is 7.72. The van der Waals surface area contributed by atoms with Crippen molar-refractivity contribution in [2.75, 3.05) is 25.1 Å². The van der Waals surface area contributed by atoms with Gasteiger partial charge in [0.05, 0.1) is 29.8 Å². The maximum absolute atomic E-state index is 13.0. The van der Waals surface area contributed by atoms with E-state index in [9.17, 15) is 18.3 Å². The van der Waals surface area contributed by atoms with E-state index in [4.69, 9.17) is 32.7 Å². The van der Waals surface area contributed by atoms with E-state index in [-0.39, 0.29) is 27.1 Å². The number of benzene rings is 2. The lowest BCUT2D eigenvalue weighted by atomic mass is 10.2. The number of hydrogen-bond acceptors (Lipinski definition) is 5. The van der Waals surface area contributed by atoms with Crippen molar-refractivity contribution in [3.05, 3.63) is 46.4 Å². The summed E-state index contributed by atoms with van der Waals surface area (Å²) in [4.78, 5) is 11.2. The smallest absolute Gasteiger partial charge is 0.324 e. The first-order valence-electron chi connectivity index (χ1n) is 7.12. The number of carbonyl (C=O) groups is 1. The van der Waals surface area contributed by atoms with E-state index < -0.39 is 22.5 Å². The first-order chi connectivity index (χ1) is 12.2. The van der Waals surface area contributed by atoms with Crippen LogP contribution in [0.4, 0.5) is 5.69 Å². The molecule has 0 aliphatic rings. The van der Waals surface area contributed by atoms with Gasteiger partial charge < -0.3 is 14.6 Å². The number of halogens is 2. The van der Waals surface area contributed by atoms with Crippen LogP contribution in [0.15, 0.2) is 41.3 Å². The van der Waals surface area contributed by atoms with Crippen molar-refractivity contribution in [2.45, 2.75) is 4.90 Å². The van der Waals surface area contributed by atoms with Crippen LogP contribution in [0.25, 0.3) is 0 Å². The predicted molar refractivity (Wildman–Crippen MR) is 98.2 cm³/mol. The molecule has 0 aliphatic heterocycles. The summed E-state index contributed by atoms with van der Waals surface area (Å²) in [5, 5.41) is 9.75. The molecule has 0 aromatic heterocycles. The van der Waals surface area contributed by atoms with Gasteiger partial charge in [-0.25, -0.2) is 8.42 Å². The molecule has 10 heteroatoms. The number of aliphatic carboxylic acids is 1. The van der Waals surface area contributed by atoms with Gasteiger partial charge in [0, 0.05) is 17.2 Å². The monoisotopic (exact) mass is 419 g/mol. The zero-order valence-electron chi connectivity index (χ0n) is 13.8. The third kappa shape index (κ3) is 4.14. The van der Waals surface area contributed by atoms with E-state index in [2.05, 4.69) is 0 Å². The van der Waals surface area contributed by atoms with Crippen LogP contribution in [0, 0.1) is 0 Å². The van der Waals surface area contributed by atoms with E-state index in [1.54, 1.807) is 0 Å². The minimum absolute atomic E-state index is 0.0221. The molecule has 0 radical (unpaired) electrons. The summed E-state index contributed by atoms with van der Waals surface area (Å²) >= 11 is 11.8. The Morgan fingerprint density at radius 3 is 2.15 bits per heavy atom. The zero-order chi connectivity index (χ0) is 19.5. The van der Waals surface area contributed by atoms with Gasteiger partial charge in [0.15, 0.2) is 0 Å². The Hall–Kier alpha value is -2.16. The van der Waals surface area contributed by atoms with Crippen molar-refractivity contribution in [1.29, 1.82) is 0 Å². The summed E-state index contributed by atoms with van der Waals surface area (Å²) in [7, 11) is -1.55. The van der Waals surface area contributed by atoms with Gasteiger partial charge in [0.25, 0.3) is 10.0 Å². The van der Waals surface area contributed by atoms with Crippen LogP contribution in [0.2, 0.25) is 10.0 Å². The fourth-order valence-corrected chi connectivity index (χ4v) is 3.97. The second kappa shape index (κ2) is 8.03. The van der Waals surface area contributed by atoms with Crippen molar-refractivity contribution in [1.82, 2.24) is 0 Å². The predicted octanol–water partition coefficient (Wildman–Crippen LogP) is 3.29. The van der Waals surface area contributed by atoms with Crippen molar-refractivity contribution in [2.24, 2.45) is 0 Å². The highest BCUT2D eigenvalue weighted by Gasteiger charge is 2.30. The Balaban J connectivity index is 2.68. The number of nitrogens with zero attached hydrogens (tertiary/aromatic N) is 1. The summed E-state index contributed by atoms with van der Waals surface area (Å²) in [6, 6.07) is 8.01. The average molecular weight is 420 g/mol. The Kier molecular flexibility index (Phi) is 6.22. The van der Waals surface area contributed by atoms with Crippen LogP contribution in [0.1, 0.15) is 0 Å². The van der Waals surface area contributed by atoms with Gasteiger partial charge in [-0.2, -0.15) is 0 Å². The molecule has 26 heavy (non-hydrogen) atoms. The molecule has 7 nitrogen and oxygen atoms in total. The summed E-state index contributed by atoms with van der Waals surface area (Å²) in [5.41, 5.74) is -0.0221. The number of sulfonamides is 1. The molecule has 0 unspecified atom stereocenters. The molecule has 2 aromatic carbocycles. The standard InChI is InChI=1S/C16H15Cl2NO6S/c1-24-14-8-13(15(25-2)7-12(14)18)19(9-16(20)21)26(22,23)11-5-3-10(17)4-6-11/h3-8H,9H2,1-2H3,(H,20,21). The minimum Gasteiger partial charge on any atom is -0.495 e. The number of carboxylic acid groups (broad SMARTS) is 1. The van der Waals surface area contributed by atoms with Gasteiger partial charge in [0.2, 0.25) is 0 Å². The van der Waals surface area contributed by atoms with Crippen molar-refractivity contribution < 1.29 is 27.8 Å². The largest absolute Gasteiger partial charge is 0.495 e. The highest BCUT2D eigenvalue weighted by atomic mass is 35.5. The molecule has 140 valence electrons. The quantitative estimate of drug-likeness (QED) is 0.739. The summed E-state index contributed by atoms with van der Waals surface area (Å²) in [6.07, 6.45) is 0. The van der Waals surface area contributed by atoms with Crippen LogP contribution in [0.3, 0.4) is 0 Å². The third-order valence-electron chi connectivity index (χ3n) is 3.40. The van der Waals surface area contributed by atoms with Gasteiger partial charge in [-0.1, -0.05) is 23.2 Å². The summed E-state index contributed by atoms with van der Waals surface area (Å²) < 4.78 is 37.0. The highest BCUT2D eigenvalue weighted by Crippen LogP contribution is 2.40. The number of hydrogen-bond donors (Lipinski definition) is 1. The van der Waals surface area contributed by atoms with Crippen LogP contribution < -0.4 is 13.8 Å². The molecule has 0 aliphatic carbocycles. The van der Waals surface area contributed by atoms with Gasteiger partial charge in [0.1, 0.15) is 18.0 Å². The molecule has 0 spiro atoms. The molecule has 2 aromatic rings. The van der Waals surface area contributed by atoms with Crippen molar-refractivity contribution in [3.63, 3.8) is 0 Å². The lowest BCUT2D eigenvalue weighted by Gasteiger charge is -2.25. The van der Waals surface area contributed by atoms with Crippen LogP contribution in [0.5, 0.6) is 11.5 Å². The lowest BCUT2D eigenvalue weighted by Crippen LogP contribution is -2.36. The van der Waals surface area contributed by atoms with E-state index in [1.807, 2.05) is 0 Å². The van der Waals surface area contributed by atoms with Crippen LogP contribution in [-0.2, 0) is 14.8 Å². The van der Waals surface area contributed by atoms with Gasteiger partial charge in [-0.05, 0) is 24.3 Å². The summed E-state index contributed by atoms with van der Waals surface area (Å²) in [6.45, 7) is -0.827. The maximum atomic E-state index is 13.0. The number of carboxylic acids is 1. The molecular weight excluding hydrogens is 405 g/mol. The van der Waals surface area contributed by atoms with Gasteiger partial charge in [-0.3, -0.25) is 9.10 Å². The third-order valence-corrected chi connectivity index (χ3v) is 5.72. The molecule has 0 fully saturated rings. The Morgan fingerprint density at radius 2 is 1.65 bits per heavy atom. The SMILES string of the molecule is COc1cc(N(CC(=O)O)S(=O)(=O)c2ccc(Cl)cc2)c(OC)cc1Cl. The Bertz CT molecular complexity index is 915. The van der Waals surface area contributed by atoms with Gasteiger partial charge in [-0.15, -0.1) is 0 Å². The molecule has 0 saturated carbocycles. The first-order valence-corrected chi connectivity index (χ1v) is 9.32. The number of methoxy groups -OCH3 is 2. The lowest BCUT2D eigenvalue weighted by molar-refractivity contribution is -0.135. The first kappa shape index (κ1) is 20.2. The van der Waals surface area contributed by atoms with Crippen molar-refractivity contribution in [3.8, 4) is 11.5 Å². The van der Waals surface area contributed by atoms with E-state index in [0.29, 0.717) is 9.33 Å². The Morgan fingerprint density at radius 1 is 1.08 bits per heavy atom. The molecule has 0 bridgehead atoms. The topological polar surface area (TPSA) is 93.1 Å². The number of rotatable bonds is 7. The fraction of sp³-hybridized carbons (Fsp3) is 0.188. The molecular formula is C16H15Cl2NO6S. The fourth-order valence-electron chi connectivity index (χ4n) is 2.20. The number of ether oxygens (including phenoxy) is 2. The van der Waals surface area contributed by atoms with E-state index in [1.165, 1.54) is 50.6 Å². The molecule has 0 amide bonds. The minimum atomic E-state index is -4.22. The Labute approximate surface area is 160 Å². The average Bonchev–Trinajstić information content (AvgIpc) is 2.59. The summed E-state index contributed by atoms with van der Waals surface area (Å²) in [5.74, 6) is -1.10. The molecule has 0 saturated heterocycles. The maximum Gasteiger partial charge on any atom is 0.324 e. The molecule has 1 N–H and O–H groups in total. The highest BCUT2D eigenvalue weighted by molar-refractivity contribution is 7.92. The van der Waals surface area contributed by atoms with Crippen LogP contribution in [-0.4, -0.2) is 40.3 Å². The van der Waals surface area contributed by atoms with E-state index in [0.717, 1.165) is 0 Å². The molecule has 0 heterocycles. The number of anilines is 1. The van der Waals surface area contributed by atoms with Crippen LogP contribution >= 0.6 is 23.2 Å². The van der Waals surface area contributed by atoms with Gasteiger partial charge >= 0.3 is 5.97 Å². The second-order valence-electron chi connectivity index (χ2n) is 5.02.